The van der Waals surface area contributed by atoms with Crippen LogP contribution in [0.5, 0.6) is 5.75 Å². The summed E-state index contributed by atoms with van der Waals surface area (Å²) in [4.78, 5) is 2.02. The Bertz CT molecular complexity index is 361. The zero-order valence-electron chi connectivity index (χ0n) is 10.5. The van der Waals surface area contributed by atoms with Crippen LogP contribution in [0.4, 0.5) is 0 Å². The number of aromatic hydroxyl groups is 1. The SMILES string of the molecule is Cc1cc(C(C)CO)cc(CN(C)C)c1O. The van der Waals surface area contributed by atoms with Gasteiger partial charge in [-0.25, -0.2) is 0 Å². The monoisotopic (exact) mass is 223 g/mol. The topological polar surface area (TPSA) is 43.7 Å². The first kappa shape index (κ1) is 13.0. The second-order valence-corrected chi connectivity index (χ2v) is 4.67. The van der Waals surface area contributed by atoms with E-state index in [1.54, 1.807) is 0 Å². The zero-order chi connectivity index (χ0) is 12.3. The predicted molar refractivity (Wildman–Crippen MR) is 65.7 cm³/mol. The smallest absolute Gasteiger partial charge is 0.122 e. The van der Waals surface area contributed by atoms with Crippen LogP contribution in [-0.2, 0) is 6.54 Å². The summed E-state index contributed by atoms with van der Waals surface area (Å²) in [6, 6.07) is 3.92. The molecule has 0 bridgehead atoms. The molecule has 0 aromatic heterocycles. The van der Waals surface area contributed by atoms with Crippen molar-refractivity contribution in [3.8, 4) is 5.75 Å². The van der Waals surface area contributed by atoms with Crippen LogP contribution >= 0.6 is 0 Å². The van der Waals surface area contributed by atoms with Crippen LogP contribution in [0.1, 0.15) is 29.5 Å². The van der Waals surface area contributed by atoms with Gasteiger partial charge in [0.1, 0.15) is 5.75 Å². The molecule has 0 heterocycles. The molecule has 3 nitrogen and oxygen atoms in total. The van der Waals surface area contributed by atoms with Gasteiger partial charge in [0.15, 0.2) is 0 Å². The summed E-state index contributed by atoms with van der Waals surface area (Å²) in [5.41, 5.74) is 2.87. The van der Waals surface area contributed by atoms with Gasteiger partial charge in [0.25, 0.3) is 0 Å². The Morgan fingerprint density at radius 1 is 1.31 bits per heavy atom. The van der Waals surface area contributed by atoms with Crippen molar-refractivity contribution in [2.75, 3.05) is 20.7 Å². The average molecular weight is 223 g/mol. The third kappa shape index (κ3) is 2.97. The van der Waals surface area contributed by atoms with Gasteiger partial charge >= 0.3 is 0 Å². The first-order valence-electron chi connectivity index (χ1n) is 5.53. The van der Waals surface area contributed by atoms with E-state index in [1.165, 1.54) is 0 Å². The van der Waals surface area contributed by atoms with Crippen LogP contribution in [0.3, 0.4) is 0 Å². The van der Waals surface area contributed by atoms with Gasteiger partial charge in [0, 0.05) is 24.6 Å². The fraction of sp³-hybridized carbons (Fsp3) is 0.538. The minimum absolute atomic E-state index is 0.111. The zero-order valence-corrected chi connectivity index (χ0v) is 10.5. The Morgan fingerprint density at radius 2 is 1.94 bits per heavy atom. The van der Waals surface area contributed by atoms with Crippen molar-refractivity contribution in [3.63, 3.8) is 0 Å². The molecule has 1 unspecified atom stereocenters. The molecule has 0 aliphatic heterocycles. The minimum atomic E-state index is 0.111. The Morgan fingerprint density at radius 3 is 2.44 bits per heavy atom. The fourth-order valence-corrected chi connectivity index (χ4v) is 1.73. The van der Waals surface area contributed by atoms with Crippen LogP contribution in [0.2, 0.25) is 0 Å². The lowest BCUT2D eigenvalue weighted by atomic mass is 9.96. The molecule has 1 aromatic carbocycles. The summed E-state index contributed by atoms with van der Waals surface area (Å²) in [6.45, 7) is 4.71. The van der Waals surface area contributed by atoms with E-state index in [4.69, 9.17) is 5.11 Å². The van der Waals surface area contributed by atoms with E-state index in [2.05, 4.69) is 0 Å². The van der Waals surface area contributed by atoms with Crippen molar-refractivity contribution in [1.29, 1.82) is 0 Å². The molecule has 1 rings (SSSR count). The van der Waals surface area contributed by atoms with Gasteiger partial charge < -0.3 is 15.1 Å². The molecular formula is C13H21NO2. The lowest BCUT2D eigenvalue weighted by Gasteiger charge is -2.17. The lowest BCUT2D eigenvalue weighted by Crippen LogP contribution is -2.12. The highest BCUT2D eigenvalue weighted by molar-refractivity contribution is 5.44. The standard InChI is InChI=1S/C13H21NO2/c1-9-5-11(10(2)8-15)6-12(13(9)16)7-14(3)4/h5-6,10,15-16H,7-8H2,1-4H3. The summed E-state index contributed by atoms with van der Waals surface area (Å²) in [6.07, 6.45) is 0. The van der Waals surface area contributed by atoms with Crippen LogP contribution < -0.4 is 0 Å². The number of benzene rings is 1. The number of phenolic OH excluding ortho intramolecular Hbond substituents is 1. The number of rotatable bonds is 4. The number of hydrogen-bond donors (Lipinski definition) is 2. The molecule has 0 aliphatic carbocycles. The molecule has 0 fully saturated rings. The number of aliphatic hydroxyl groups excluding tert-OH is 1. The molecule has 1 atom stereocenters. The average Bonchev–Trinajstić information content (AvgIpc) is 2.22. The molecule has 3 heteroatoms. The second-order valence-electron chi connectivity index (χ2n) is 4.67. The van der Waals surface area contributed by atoms with E-state index in [0.717, 1.165) is 16.7 Å². The number of phenols is 1. The predicted octanol–water partition coefficient (Wildman–Crippen LogP) is 1.86. The third-order valence-electron chi connectivity index (χ3n) is 2.73. The maximum absolute atomic E-state index is 9.94. The molecular weight excluding hydrogens is 202 g/mol. The number of aliphatic hydroxyl groups is 1. The second kappa shape index (κ2) is 5.32. The Kier molecular flexibility index (Phi) is 4.33. The van der Waals surface area contributed by atoms with E-state index in [1.807, 2.05) is 45.0 Å². The normalized spacial score (nSPS) is 13.1. The van der Waals surface area contributed by atoms with Gasteiger partial charge in [-0.2, -0.15) is 0 Å². The fourth-order valence-electron chi connectivity index (χ4n) is 1.73. The summed E-state index contributed by atoms with van der Waals surface area (Å²) in [7, 11) is 3.94. The van der Waals surface area contributed by atoms with Crippen LogP contribution in [0.25, 0.3) is 0 Å². The number of hydrogen-bond acceptors (Lipinski definition) is 3. The van der Waals surface area contributed by atoms with E-state index < -0.39 is 0 Å². The van der Waals surface area contributed by atoms with E-state index in [9.17, 15) is 5.11 Å². The highest BCUT2D eigenvalue weighted by atomic mass is 16.3. The number of aryl methyl sites for hydroxylation is 1. The van der Waals surface area contributed by atoms with Gasteiger partial charge in [0.2, 0.25) is 0 Å². The van der Waals surface area contributed by atoms with Gasteiger partial charge in [-0.05, 0) is 32.1 Å². The van der Waals surface area contributed by atoms with Crippen LogP contribution in [0, 0.1) is 6.92 Å². The summed E-state index contributed by atoms with van der Waals surface area (Å²) < 4.78 is 0. The molecule has 0 aliphatic rings. The van der Waals surface area contributed by atoms with Crippen molar-refractivity contribution in [1.82, 2.24) is 4.90 Å². The van der Waals surface area contributed by atoms with Gasteiger partial charge in [-0.15, -0.1) is 0 Å². The first-order valence-corrected chi connectivity index (χ1v) is 5.53. The van der Waals surface area contributed by atoms with Crippen LogP contribution in [-0.4, -0.2) is 35.8 Å². The summed E-state index contributed by atoms with van der Waals surface area (Å²) >= 11 is 0. The molecule has 0 spiro atoms. The van der Waals surface area contributed by atoms with Crippen molar-refractivity contribution < 1.29 is 10.2 Å². The van der Waals surface area contributed by atoms with Crippen molar-refractivity contribution in [2.45, 2.75) is 26.3 Å². The molecule has 0 radical (unpaired) electrons. The molecule has 16 heavy (non-hydrogen) atoms. The highest BCUT2D eigenvalue weighted by Gasteiger charge is 2.11. The van der Waals surface area contributed by atoms with E-state index in [0.29, 0.717) is 12.3 Å². The first-order chi connectivity index (χ1) is 7.45. The van der Waals surface area contributed by atoms with Gasteiger partial charge in [0.05, 0.1) is 0 Å². The van der Waals surface area contributed by atoms with E-state index in [-0.39, 0.29) is 12.5 Å². The maximum Gasteiger partial charge on any atom is 0.122 e. The minimum Gasteiger partial charge on any atom is -0.507 e. The molecule has 90 valence electrons. The molecule has 0 saturated carbocycles. The quantitative estimate of drug-likeness (QED) is 0.819. The molecule has 0 saturated heterocycles. The van der Waals surface area contributed by atoms with Crippen molar-refractivity contribution in [2.24, 2.45) is 0 Å². The Labute approximate surface area is 97.3 Å². The largest absolute Gasteiger partial charge is 0.507 e. The van der Waals surface area contributed by atoms with Crippen molar-refractivity contribution in [3.05, 3.63) is 28.8 Å². The highest BCUT2D eigenvalue weighted by Crippen LogP contribution is 2.28. The lowest BCUT2D eigenvalue weighted by molar-refractivity contribution is 0.273. The Hall–Kier alpha value is -1.06. The number of nitrogens with zero attached hydrogens (tertiary/aromatic N) is 1. The summed E-state index contributed by atoms with van der Waals surface area (Å²) in [5.74, 6) is 0.475. The van der Waals surface area contributed by atoms with Gasteiger partial charge in [-0.1, -0.05) is 19.1 Å². The van der Waals surface area contributed by atoms with E-state index >= 15 is 0 Å². The molecule has 0 amide bonds. The van der Waals surface area contributed by atoms with Crippen molar-refractivity contribution >= 4 is 0 Å². The van der Waals surface area contributed by atoms with Gasteiger partial charge in [-0.3, -0.25) is 0 Å². The van der Waals surface area contributed by atoms with Crippen LogP contribution in [0.15, 0.2) is 12.1 Å². The maximum atomic E-state index is 9.94. The molecule has 1 aromatic rings. The summed E-state index contributed by atoms with van der Waals surface area (Å²) in [5, 5.41) is 19.1. The molecule has 2 N–H and O–H groups in total. The Balaban J connectivity index is 3.11. The third-order valence-corrected chi connectivity index (χ3v) is 2.73.